The normalized spacial score (nSPS) is 14.7. The fourth-order valence-corrected chi connectivity index (χ4v) is 5.36. The summed E-state index contributed by atoms with van der Waals surface area (Å²) in [5, 5.41) is 14.8. The number of non-ortho nitro benzene ring substituents is 1. The quantitative estimate of drug-likeness (QED) is 0.354. The van der Waals surface area contributed by atoms with Crippen molar-refractivity contribution >= 4 is 44.8 Å². The first-order valence-corrected chi connectivity index (χ1v) is 14.2. The Labute approximate surface area is 221 Å². The van der Waals surface area contributed by atoms with E-state index in [4.69, 9.17) is 11.6 Å². The standard InChI is InChI=1S/C25H31ClN4O6S/c1-17-8-13-22(30(33)34)14-23(17)29(37(3,35)36)16-24(31)28(15-19-9-11-20(26)12-10-19)18(2)25(32)27-21-6-4-5-7-21/h8-14,18,21H,4-7,15-16H2,1-3H3,(H,27,32)/t18-/m0/s1. The van der Waals surface area contributed by atoms with Crippen LogP contribution in [0.5, 0.6) is 0 Å². The van der Waals surface area contributed by atoms with E-state index in [1.54, 1.807) is 38.1 Å². The van der Waals surface area contributed by atoms with Gasteiger partial charge in [0, 0.05) is 29.7 Å². The first kappa shape index (κ1) is 28.4. The number of carbonyl (C=O) groups is 2. The number of hydrogen-bond donors (Lipinski definition) is 1. The molecule has 0 aromatic heterocycles. The Kier molecular flexibility index (Phi) is 9.14. The maximum Gasteiger partial charge on any atom is 0.271 e. The van der Waals surface area contributed by atoms with Gasteiger partial charge in [-0.3, -0.25) is 24.0 Å². The average molecular weight is 551 g/mol. The summed E-state index contributed by atoms with van der Waals surface area (Å²) >= 11 is 5.99. The molecule has 0 heterocycles. The summed E-state index contributed by atoms with van der Waals surface area (Å²) in [5.41, 5.74) is 0.874. The number of halogens is 1. The number of carbonyl (C=O) groups excluding carboxylic acids is 2. The molecule has 0 bridgehead atoms. The number of sulfonamides is 1. The molecule has 0 saturated heterocycles. The van der Waals surface area contributed by atoms with Gasteiger partial charge in [-0.1, -0.05) is 42.6 Å². The van der Waals surface area contributed by atoms with Crippen LogP contribution in [-0.4, -0.2) is 54.9 Å². The number of rotatable bonds is 10. The van der Waals surface area contributed by atoms with Gasteiger partial charge in [0.05, 0.1) is 16.9 Å². The Morgan fingerprint density at radius 3 is 2.35 bits per heavy atom. The van der Waals surface area contributed by atoms with Gasteiger partial charge < -0.3 is 10.2 Å². The summed E-state index contributed by atoms with van der Waals surface area (Å²) in [6.07, 6.45) is 4.73. The maximum atomic E-state index is 13.6. The molecular formula is C25H31ClN4O6S. The van der Waals surface area contributed by atoms with Crippen molar-refractivity contribution in [1.82, 2.24) is 10.2 Å². The fourth-order valence-electron chi connectivity index (χ4n) is 4.34. The van der Waals surface area contributed by atoms with Crippen molar-refractivity contribution in [2.75, 3.05) is 17.1 Å². The Bertz CT molecular complexity index is 1260. The Balaban J connectivity index is 1.93. The van der Waals surface area contributed by atoms with Gasteiger partial charge in [0.25, 0.3) is 5.69 Å². The second-order valence-corrected chi connectivity index (χ2v) is 11.7. The van der Waals surface area contributed by atoms with E-state index in [0.29, 0.717) is 16.1 Å². The third kappa shape index (κ3) is 7.42. The van der Waals surface area contributed by atoms with Gasteiger partial charge in [-0.05, 0) is 49.9 Å². The smallest absolute Gasteiger partial charge is 0.271 e. The number of aryl methyl sites for hydroxylation is 1. The number of nitrogens with one attached hydrogen (secondary N) is 1. The highest BCUT2D eigenvalue weighted by Gasteiger charge is 2.32. The largest absolute Gasteiger partial charge is 0.352 e. The van der Waals surface area contributed by atoms with Crippen LogP contribution in [0.4, 0.5) is 11.4 Å². The van der Waals surface area contributed by atoms with E-state index in [9.17, 15) is 28.1 Å². The van der Waals surface area contributed by atoms with Crippen molar-refractivity contribution in [3.05, 3.63) is 68.7 Å². The summed E-state index contributed by atoms with van der Waals surface area (Å²) in [4.78, 5) is 38.7. The SMILES string of the molecule is Cc1ccc([N+](=O)[O-])cc1N(CC(=O)N(Cc1ccc(Cl)cc1)[C@@H](C)C(=O)NC1CCCC1)S(C)(=O)=O. The number of amides is 2. The zero-order chi connectivity index (χ0) is 27.3. The van der Waals surface area contributed by atoms with Gasteiger partial charge in [-0.15, -0.1) is 0 Å². The van der Waals surface area contributed by atoms with E-state index in [1.165, 1.54) is 17.0 Å². The van der Waals surface area contributed by atoms with Crippen LogP contribution in [0.25, 0.3) is 0 Å². The van der Waals surface area contributed by atoms with E-state index < -0.39 is 33.4 Å². The second kappa shape index (κ2) is 11.9. The molecule has 1 aliphatic carbocycles. The van der Waals surface area contributed by atoms with Gasteiger partial charge in [0.1, 0.15) is 12.6 Å². The van der Waals surface area contributed by atoms with Crippen molar-refractivity contribution in [2.24, 2.45) is 0 Å². The molecule has 2 amide bonds. The highest BCUT2D eigenvalue weighted by atomic mass is 35.5. The molecule has 2 aromatic carbocycles. The molecule has 200 valence electrons. The third-order valence-corrected chi connectivity index (χ3v) is 7.86. The first-order valence-electron chi connectivity index (χ1n) is 11.9. The summed E-state index contributed by atoms with van der Waals surface area (Å²) in [7, 11) is -4.01. The van der Waals surface area contributed by atoms with Crippen LogP contribution in [0.1, 0.15) is 43.7 Å². The minimum absolute atomic E-state index is 0.0274. The molecule has 37 heavy (non-hydrogen) atoms. The van der Waals surface area contributed by atoms with Crippen molar-refractivity contribution in [2.45, 2.75) is 58.2 Å². The molecule has 1 N–H and O–H groups in total. The van der Waals surface area contributed by atoms with Gasteiger partial charge >= 0.3 is 0 Å². The van der Waals surface area contributed by atoms with Crippen molar-refractivity contribution < 1.29 is 22.9 Å². The molecule has 3 rings (SSSR count). The lowest BCUT2D eigenvalue weighted by atomic mass is 10.1. The first-order chi connectivity index (χ1) is 17.4. The minimum Gasteiger partial charge on any atom is -0.352 e. The van der Waals surface area contributed by atoms with E-state index in [2.05, 4.69) is 5.32 Å². The molecule has 1 fully saturated rings. The number of nitro groups is 1. The average Bonchev–Trinajstić information content (AvgIpc) is 3.34. The summed E-state index contributed by atoms with van der Waals surface area (Å²) < 4.78 is 26.3. The lowest BCUT2D eigenvalue weighted by molar-refractivity contribution is -0.384. The molecule has 0 spiro atoms. The minimum atomic E-state index is -4.01. The molecule has 12 heteroatoms. The highest BCUT2D eigenvalue weighted by Crippen LogP contribution is 2.28. The Morgan fingerprint density at radius 1 is 1.16 bits per heavy atom. The van der Waals surface area contributed by atoms with Gasteiger partial charge in [0.15, 0.2) is 0 Å². The lowest BCUT2D eigenvalue weighted by Crippen LogP contribution is -2.52. The third-order valence-electron chi connectivity index (χ3n) is 6.49. The summed E-state index contributed by atoms with van der Waals surface area (Å²) in [6, 6.07) is 9.76. The van der Waals surface area contributed by atoms with E-state index >= 15 is 0 Å². The van der Waals surface area contributed by atoms with Crippen LogP contribution in [0, 0.1) is 17.0 Å². The molecule has 0 unspecified atom stereocenters. The molecule has 0 aliphatic heterocycles. The molecule has 10 nitrogen and oxygen atoms in total. The molecule has 1 aliphatic rings. The van der Waals surface area contributed by atoms with Crippen LogP contribution in [0.2, 0.25) is 5.02 Å². The van der Waals surface area contributed by atoms with Crippen LogP contribution >= 0.6 is 11.6 Å². The monoisotopic (exact) mass is 550 g/mol. The number of anilines is 1. The van der Waals surface area contributed by atoms with Gasteiger partial charge in [-0.2, -0.15) is 0 Å². The number of nitro benzene ring substituents is 1. The van der Waals surface area contributed by atoms with Gasteiger partial charge in [0.2, 0.25) is 21.8 Å². The molecule has 1 saturated carbocycles. The number of benzene rings is 2. The van der Waals surface area contributed by atoms with Crippen LogP contribution in [0.3, 0.4) is 0 Å². The molecule has 1 atom stereocenters. The van der Waals surface area contributed by atoms with Crippen molar-refractivity contribution in [1.29, 1.82) is 0 Å². The second-order valence-electron chi connectivity index (χ2n) is 9.31. The van der Waals surface area contributed by atoms with Gasteiger partial charge in [-0.25, -0.2) is 8.42 Å². The predicted octanol–water partition coefficient (Wildman–Crippen LogP) is 3.80. The Hall–Kier alpha value is -3.18. The van der Waals surface area contributed by atoms with Crippen LogP contribution in [-0.2, 0) is 26.2 Å². The molecular weight excluding hydrogens is 520 g/mol. The van der Waals surface area contributed by atoms with Crippen molar-refractivity contribution in [3.63, 3.8) is 0 Å². The van der Waals surface area contributed by atoms with E-state index in [-0.39, 0.29) is 29.9 Å². The zero-order valence-corrected chi connectivity index (χ0v) is 22.6. The lowest BCUT2D eigenvalue weighted by Gasteiger charge is -2.32. The molecule has 0 radical (unpaired) electrons. The Morgan fingerprint density at radius 2 is 1.78 bits per heavy atom. The number of nitrogens with zero attached hydrogens (tertiary/aromatic N) is 3. The summed E-state index contributed by atoms with van der Waals surface area (Å²) in [5.74, 6) is -0.952. The zero-order valence-electron chi connectivity index (χ0n) is 21.0. The number of hydrogen-bond acceptors (Lipinski definition) is 6. The van der Waals surface area contributed by atoms with E-state index in [1.807, 2.05) is 0 Å². The van der Waals surface area contributed by atoms with Crippen LogP contribution in [0.15, 0.2) is 42.5 Å². The van der Waals surface area contributed by atoms with E-state index in [0.717, 1.165) is 42.3 Å². The predicted molar refractivity (Wildman–Crippen MR) is 142 cm³/mol. The van der Waals surface area contributed by atoms with Crippen LogP contribution < -0.4 is 9.62 Å². The molecule has 2 aromatic rings. The highest BCUT2D eigenvalue weighted by molar-refractivity contribution is 7.92. The van der Waals surface area contributed by atoms with Crippen molar-refractivity contribution in [3.8, 4) is 0 Å². The fraction of sp³-hybridized carbons (Fsp3) is 0.440. The maximum absolute atomic E-state index is 13.6. The topological polar surface area (TPSA) is 130 Å². The summed E-state index contributed by atoms with van der Waals surface area (Å²) in [6.45, 7) is 2.61.